The van der Waals surface area contributed by atoms with Gasteiger partial charge in [0.25, 0.3) is 0 Å². The van der Waals surface area contributed by atoms with Crippen LogP contribution in [0.5, 0.6) is 5.75 Å². The lowest BCUT2D eigenvalue weighted by Gasteiger charge is -2.31. The highest BCUT2D eigenvalue weighted by molar-refractivity contribution is 7.89. The third-order valence-electron chi connectivity index (χ3n) is 5.56. The van der Waals surface area contributed by atoms with Crippen LogP contribution in [0.25, 0.3) is 11.3 Å². The second-order valence-electron chi connectivity index (χ2n) is 7.58. The summed E-state index contributed by atoms with van der Waals surface area (Å²) >= 11 is 1.39. The van der Waals surface area contributed by atoms with Crippen LogP contribution < -0.4 is 10.1 Å². The second kappa shape index (κ2) is 8.07. The van der Waals surface area contributed by atoms with Gasteiger partial charge in [-0.25, -0.2) is 13.4 Å². The van der Waals surface area contributed by atoms with Crippen LogP contribution in [0, 0.1) is 5.92 Å². The maximum Gasteiger partial charge on any atom is 0.243 e. The molecule has 5 rings (SSSR count). The highest BCUT2D eigenvalue weighted by Crippen LogP contribution is 2.40. The van der Waals surface area contributed by atoms with Crippen LogP contribution >= 0.6 is 11.3 Å². The van der Waals surface area contributed by atoms with Gasteiger partial charge < -0.3 is 10.1 Å². The molecule has 3 aromatic rings. The van der Waals surface area contributed by atoms with E-state index in [0.717, 1.165) is 21.9 Å². The molecule has 3 heterocycles. The first kappa shape index (κ1) is 20.2. The van der Waals surface area contributed by atoms with E-state index in [9.17, 15) is 13.2 Å². The fourth-order valence-electron chi connectivity index (χ4n) is 3.97. The Morgan fingerprint density at radius 2 is 1.90 bits per heavy atom. The average Bonchev–Trinajstić information content (AvgIpc) is 3.23. The number of fused-ring (bicyclic) bond motifs is 3. The molecule has 160 valence electrons. The molecule has 2 aliphatic heterocycles. The van der Waals surface area contributed by atoms with Crippen LogP contribution in [0.2, 0.25) is 0 Å². The second-order valence-corrected chi connectivity index (χ2v) is 10.6. The predicted molar refractivity (Wildman–Crippen MR) is 118 cm³/mol. The number of aromatic nitrogens is 1. The molecule has 0 saturated carbocycles. The van der Waals surface area contributed by atoms with Gasteiger partial charge in [0.15, 0.2) is 5.13 Å². The number of carbonyl (C=O) groups is 1. The monoisotopic (exact) mass is 455 g/mol. The quantitative estimate of drug-likeness (QED) is 0.647. The summed E-state index contributed by atoms with van der Waals surface area (Å²) in [6.07, 6.45) is 1.28. The largest absolute Gasteiger partial charge is 0.487 e. The fraction of sp³-hybridized carbons (Fsp3) is 0.273. The lowest BCUT2D eigenvalue weighted by Crippen LogP contribution is -2.43. The van der Waals surface area contributed by atoms with Crippen molar-refractivity contribution < 1.29 is 17.9 Å². The van der Waals surface area contributed by atoms with Gasteiger partial charge in [0.1, 0.15) is 12.4 Å². The molecule has 0 spiro atoms. The number of ether oxygens (including phenoxy) is 1. The minimum Gasteiger partial charge on any atom is -0.487 e. The van der Waals surface area contributed by atoms with E-state index in [1.807, 2.05) is 24.3 Å². The Bertz CT molecular complexity index is 1220. The standard InChI is InChI=1S/C22H21N3O4S2/c26-21(15-7-6-12-25(13-15)31(27,28)16-8-2-1-3-9-16)24-22-23-20-17-10-4-5-11-18(17)29-14-19(20)30-22/h1-5,8-11,15H,6-7,12-14H2,(H,23,24,26). The van der Waals surface area contributed by atoms with Crippen molar-refractivity contribution in [1.29, 1.82) is 0 Å². The molecule has 1 N–H and O–H groups in total. The van der Waals surface area contributed by atoms with Gasteiger partial charge in [-0.2, -0.15) is 4.31 Å². The summed E-state index contributed by atoms with van der Waals surface area (Å²) in [4.78, 5) is 18.8. The molecule has 1 unspecified atom stereocenters. The zero-order chi connectivity index (χ0) is 21.4. The van der Waals surface area contributed by atoms with Crippen molar-refractivity contribution in [2.75, 3.05) is 18.4 Å². The number of sulfonamides is 1. The van der Waals surface area contributed by atoms with Crippen LogP contribution in [0.15, 0.2) is 59.5 Å². The lowest BCUT2D eigenvalue weighted by atomic mass is 9.99. The molecule has 1 aromatic heterocycles. The SMILES string of the molecule is O=C(Nc1nc2c(s1)COc1ccccc1-2)C1CCCN(S(=O)(=O)c2ccccc2)C1. The van der Waals surface area contributed by atoms with Crippen molar-refractivity contribution >= 4 is 32.4 Å². The van der Waals surface area contributed by atoms with Gasteiger partial charge in [-0.15, -0.1) is 0 Å². The van der Waals surface area contributed by atoms with Crippen LogP contribution in [-0.4, -0.2) is 36.7 Å². The molecule has 0 bridgehead atoms. The number of carbonyl (C=O) groups excluding carboxylic acids is 1. The minimum atomic E-state index is -3.61. The van der Waals surface area contributed by atoms with Gasteiger partial charge in [-0.3, -0.25) is 4.79 Å². The number of benzene rings is 2. The number of anilines is 1. The van der Waals surface area contributed by atoms with Crippen LogP contribution in [0.3, 0.4) is 0 Å². The topological polar surface area (TPSA) is 88.6 Å². The summed E-state index contributed by atoms with van der Waals surface area (Å²) in [5, 5.41) is 3.42. The maximum absolute atomic E-state index is 12.9. The number of hydrogen-bond acceptors (Lipinski definition) is 6. The van der Waals surface area contributed by atoms with E-state index < -0.39 is 15.9 Å². The molecule has 1 atom stereocenters. The van der Waals surface area contributed by atoms with Crippen molar-refractivity contribution in [3.63, 3.8) is 0 Å². The normalized spacial score (nSPS) is 18.5. The Kier molecular flexibility index (Phi) is 5.25. The Balaban J connectivity index is 1.31. The Hall–Kier alpha value is -2.75. The first-order valence-corrected chi connectivity index (χ1v) is 12.4. The molecule has 1 amide bonds. The highest BCUT2D eigenvalue weighted by atomic mass is 32.2. The number of rotatable bonds is 4. The van der Waals surface area contributed by atoms with Gasteiger partial charge in [0.2, 0.25) is 15.9 Å². The van der Waals surface area contributed by atoms with E-state index in [-0.39, 0.29) is 17.3 Å². The number of hydrogen-bond donors (Lipinski definition) is 1. The summed E-state index contributed by atoms with van der Waals surface area (Å²) in [7, 11) is -3.61. The molecule has 2 aliphatic rings. The highest BCUT2D eigenvalue weighted by Gasteiger charge is 2.34. The average molecular weight is 456 g/mol. The summed E-state index contributed by atoms with van der Waals surface area (Å²) in [6.45, 7) is 1.01. The number of amides is 1. The van der Waals surface area contributed by atoms with E-state index >= 15 is 0 Å². The predicted octanol–water partition coefficient (Wildman–Crippen LogP) is 3.74. The number of piperidine rings is 1. The summed E-state index contributed by atoms with van der Waals surface area (Å²) < 4.78 is 33.0. The van der Waals surface area contributed by atoms with Crippen LogP contribution in [-0.2, 0) is 21.4 Å². The molecule has 9 heteroatoms. The van der Waals surface area contributed by atoms with Gasteiger partial charge in [0, 0.05) is 18.7 Å². The first-order chi connectivity index (χ1) is 15.0. The zero-order valence-electron chi connectivity index (χ0n) is 16.7. The fourth-order valence-corrected chi connectivity index (χ4v) is 6.41. The molecule has 7 nitrogen and oxygen atoms in total. The third kappa shape index (κ3) is 3.84. The summed E-state index contributed by atoms with van der Waals surface area (Å²) in [6, 6.07) is 16.0. The Labute approximate surface area is 184 Å². The minimum absolute atomic E-state index is 0.167. The van der Waals surface area contributed by atoms with Gasteiger partial charge in [-0.05, 0) is 37.1 Å². The van der Waals surface area contributed by atoms with Gasteiger partial charge in [-0.1, -0.05) is 41.7 Å². The number of nitrogens with one attached hydrogen (secondary N) is 1. The Morgan fingerprint density at radius 1 is 1.13 bits per heavy atom. The zero-order valence-corrected chi connectivity index (χ0v) is 18.3. The van der Waals surface area contributed by atoms with E-state index in [1.165, 1.54) is 15.6 Å². The number of thiazole rings is 1. The molecular weight excluding hydrogens is 434 g/mol. The first-order valence-electron chi connectivity index (χ1n) is 10.1. The molecule has 0 radical (unpaired) electrons. The maximum atomic E-state index is 12.9. The smallest absolute Gasteiger partial charge is 0.243 e. The van der Waals surface area contributed by atoms with Crippen molar-refractivity contribution in [2.24, 2.45) is 5.92 Å². The van der Waals surface area contributed by atoms with E-state index in [0.29, 0.717) is 31.1 Å². The molecule has 1 fully saturated rings. The van der Waals surface area contributed by atoms with Crippen molar-refractivity contribution in [3.8, 4) is 17.0 Å². The lowest BCUT2D eigenvalue weighted by molar-refractivity contribution is -0.120. The van der Waals surface area contributed by atoms with Crippen molar-refractivity contribution in [2.45, 2.75) is 24.3 Å². The van der Waals surface area contributed by atoms with Crippen LogP contribution in [0.4, 0.5) is 5.13 Å². The van der Waals surface area contributed by atoms with Gasteiger partial charge >= 0.3 is 0 Å². The number of nitrogens with zero attached hydrogens (tertiary/aromatic N) is 2. The van der Waals surface area contributed by atoms with E-state index in [4.69, 9.17) is 4.74 Å². The molecular formula is C22H21N3O4S2. The summed E-state index contributed by atoms with van der Waals surface area (Å²) in [5.74, 6) is 0.164. The van der Waals surface area contributed by atoms with Gasteiger partial charge in [0.05, 0.1) is 21.4 Å². The molecule has 1 saturated heterocycles. The van der Waals surface area contributed by atoms with Crippen LogP contribution in [0.1, 0.15) is 17.7 Å². The molecule has 0 aliphatic carbocycles. The summed E-state index contributed by atoms with van der Waals surface area (Å²) in [5.41, 5.74) is 1.75. The van der Waals surface area contributed by atoms with E-state index in [2.05, 4.69) is 10.3 Å². The Morgan fingerprint density at radius 3 is 2.74 bits per heavy atom. The molecule has 2 aromatic carbocycles. The number of para-hydroxylation sites is 1. The molecule has 31 heavy (non-hydrogen) atoms. The van der Waals surface area contributed by atoms with E-state index in [1.54, 1.807) is 30.3 Å². The van der Waals surface area contributed by atoms with Crippen molar-refractivity contribution in [3.05, 3.63) is 59.5 Å². The third-order valence-corrected chi connectivity index (χ3v) is 8.39. The van der Waals surface area contributed by atoms with Crippen molar-refractivity contribution in [1.82, 2.24) is 9.29 Å².